The van der Waals surface area contributed by atoms with Gasteiger partial charge in [-0.3, -0.25) is 0 Å². The molecule has 0 aliphatic heterocycles. The summed E-state index contributed by atoms with van der Waals surface area (Å²) in [4.78, 5) is 0. The maximum absolute atomic E-state index is 8.49. The molecule has 0 bridgehead atoms. The van der Waals surface area contributed by atoms with Crippen molar-refractivity contribution in [3.63, 3.8) is 0 Å². The highest BCUT2D eigenvalue weighted by Gasteiger charge is 1.90. The van der Waals surface area contributed by atoms with Crippen molar-refractivity contribution < 1.29 is 0 Å². The zero-order valence-electron chi connectivity index (χ0n) is 7.80. The lowest BCUT2D eigenvalue weighted by atomic mass is 10.1. The molecule has 1 heteroatoms. The summed E-state index contributed by atoms with van der Waals surface area (Å²) in [5, 5.41) is 8.49. The van der Waals surface area contributed by atoms with Crippen LogP contribution in [0.25, 0.3) is 0 Å². The van der Waals surface area contributed by atoms with Gasteiger partial charge in [0.1, 0.15) is 0 Å². The van der Waals surface area contributed by atoms with Gasteiger partial charge < -0.3 is 0 Å². The van der Waals surface area contributed by atoms with Crippen LogP contribution in [0, 0.1) is 11.3 Å². The first-order chi connectivity index (χ1) is 5.72. The summed E-state index contributed by atoms with van der Waals surface area (Å²) in [5.41, 5.74) is 1.47. The maximum atomic E-state index is 8.49. The molecule has 0 aromatic heterocycles. The molecule has 0 saturated heterocycles. The Morgan fingerprint density at radius 1 is 1.58 bits per heavy atom. The largest absolute Gasteiger partial charge is 0.192 e. The first-order valence-corrected chi connectivity index (χ1v) is 4.15. The van der Waals surface area contributed by atoms with Gasteiger partial charge in [-0.05, 0) is 18.9 Å². The lowest BCUT2D eigenvalue weighted by Crippen LogP contribution is -1.76. The van der Waals surface area contributed by atoms with E-state index in [-0.39, 0.29) is 0 Å². The normalized spacial score (nSPS) is 11.6. The average molecular weight is 161 g/mol. The van der Waals surface area contributed by atoms with Crippen LogP contribution in [0.5, 0.6) is 0 Å². The van der Waals surface area contributed by atoms with E-state index < -0.39 is 0 Å². The van der Waals surface area contributed by atoms with E-state index in [4.69, 9.17) is 5.26 Å². The lowest BCUT2D eigenvalue weighted by Gasteiger charge is -1.91. The third-order valence-corrected chi connectivity index (χ3v) is 1.55. The van der Waals surface area contributed by atoms with Gasteiger partial charge in [0.05, 0.1) is 6.07 Å². The van der Waals surface area contributed by atoms with Crippen molar-refractivity contribution >= 4 is 0 Å². The van der Waals surface area contributed by atoms with Crippen LogP contribution in [0.3, 0.4) is 0 Å². The smallest absolute Gasteiger partial charge is 0.0988 e. The van der Waals surface area contributed by atoms with Crippen molar-refractivity contribution in [1.29, 1.82) is 5.26 Å². The molecule has 12 heavy (non-hydrogen) atoms. The van der Waals surface area contributed by atoms with Crippen molar-refractivity contribution in [2.45, 2.75) is 26.7 Å². The van der Waals surface area contributed by atoms with Gasteiger partial charge in [-0.25, -0.2) is 0 Å². The standard InChI is InChI=1S/C11H15N/c1-4-5-6-7-8-10(2)11(3)9-12/h6-8H,3-5H2,1-2H3. The molecule has 0 spiro atoms. The Morgan fingerprint density at radius 2 is 2.25 bits per heavy atom. The molecule has 0 amide bonds. The van der Waals surface area contributed by atoms with Gasteiger partial charge in [0, 0.05) is 5.57 Å². The second-order valence-corrected chi connectivity index (χ2v) is 2.66. The zero-order valence-corrected chi connectivity index (χ0v) is 7.80. The van der Waals surface area contributed by atoms with Crippen LogP contribution in [-0.2, 0) is 0 Å². The minimum Gasteiger partial charge on any atom is -0.192 e. The molecular weight excluding hydrogens is 146 g/mol. The zero-order chi connectivity index (χ0) is 9.40. The second-order valence-electron chi connectivity index (χ2n) is 2.66. The van der Waals surface area contributed by atoms with Gasteiger partial charge in [-0.2, -0.15) is 5.26 Å². The van der Waals surface area contributed by atoms with E-state index in [1.165, 1.54) is 0 Å². The van der Waals surface area contributed by atoms with Gasteiger partial charge in [-0.1, -0.05) is 38.2 Å². The number of rotatable bonds is 4. The second kappa shape index (κ2) is 6.42. The molecule has 64 valence electrons. The number of nitriles is 1. The number of hydrogen-bond donors (Lipinski definition) is 0. The lowest BCUT2D eigenvalue weighted by molar-refractivity contribution is 0.958. The van der Waals surface area contributed by atoms with Crippen LogP contribution in [0.1, 0.15) is 26.7 Å². The van der Waals surface area contributed by atoms with E-state index in [1.54, 1.807) is 0 Å². The fourth-order valence-electron chi connectivity index (χ4n) is 0.664. The predicted octanol–water partition coefficient (Wildman–Crippen LogP) is 3.37. The van der Waals surface area contributed by atoms with Crippen molar-refractivity contribution in [2.75, 3.05) is 0 Å². The molecule has 0 fully saturated rings. The van der Waals surface area contributed by atoms with Crippen molar-refractivity contribution in [3.8, 4) is 6.07 Å². The van der Waals surface area contributed by atoms with E-state index >= 15 is 0 Å². The van der Waals surface area contributed by atoms with Crippen molar-refractivity contribution in [3.05, 3.63) is 36.0 Å². The van der Waals surface area contributed by atoms with Gasteiger partial charge in [-0.15, -0.1) is 0 Å². The Hall–Kier alpha value is -1.29. The first kappa shape index (κ1) is 10.7. The van der Waals surface area contributed by atoms with Crippen LogP contribution >= 0.6 is 0 Å². The molecular formula is C11H15N. The molecule has 0 aliphatic carbocycles. The van der Waals surface area contributed by atoms with E-state index in [0.717, 1.165) is 18.4 Å². The highest BCUT2D eigenvalue weighted by molar-refractivity contribution is 5.39. The number of hydrogen-bond acceptors (Lipinski definition) is 1. The monoisotopic (exact) mass is 161 g/mol. The molecule has 0 atom stereocenters. The molecule has 0 unspecified atom stereocenters. The summed E-state index contributed by atoms with van der Waals surface area (Å²) in [6.07, 6.45) is 8.22. The van der Waals surface area contributed by atoms with E-state index in [9.17, 15) is 0 Å². The molecule has 0 radical (unpaired) electrons. The molecule has 1 nitrogen and oxygen atoms in total. The summed E-state index contributed by atoms with van der Waals surface area (Å²) in [6, 6.07) is 2.01. The Kier molecular flexibility index (Phi) is 5.73. The minimum absolute atomic E-state index is 0.538. The molecule has 0 aromatic carbocycles. The Morgan fingerprint density at radius 3 is 2.75 bits per heavy atom. The first-order valence-electron chi connectivity index (χ1n) is 4.15. The van der Waals surface area contributed by atoms with Crippen molar-refractivity contribution in [2.24, 2.45) is 0 Å². The summed E-state index contributed by atoms with van der Waals surface area (Å²) in [5.74, 6) is 0. The number of unbranched alkanes of at least 4 members (excludes halogenated alkanes) is 1. The highest BCUT2D eigenvalue weighted by atomic mass is 14.2. The number of allylic oxidation sites excluding steroid dienone is 5. The van der Waals surface area contributed by atoms with Gasteiger partial charge in [0.2, 0.25) is 0 Å². The summed E-state index contributed by atoms with van der Waals surface area (Å²) >= 11 is 0. The SMILES string of the molecule is C=C(C#N)C(C)=CC=CCCC. The molecule has 0 heterocycles. The van der Waals surface area contributed by atoms with E-state index in [1.807, 2.05) is 25.1 Å². The summed E-state index contributed by atoms with van der Waals surface area (Å²) in [7, 11) is 0. The van der Waals surface area contributed by atoms with Crippen LogP contribution in [0.2, 0.25) is 0 Å². The van der Waals surface area contributed by atoms with Crippen LogP contribution in [0.4, 0.5) is 0 Å². The molecule has 0 rings (SSSR count). The predicted molar refractivity (Wildman–Crippen MR) is 52.6 cm³/mol. The molecule has 0 aliphatic rings. The molecule has 0 aromatic rings. The summed E-state index contributed by atoms with van der Waals surface area (Å²) < 4.78 is 0. The topological polar surface area (TPSA) is 23.8 Å². The third-order valence-electron chi connectivity index (χ3n) is 1.55. The van der Waals surface area contributed by atoms with Gasteiger partial charge >= 0.3 is 0 Å². The van der Waals surface area contributed by atoms with Crippen LogP contribution in [-0.4, -0.2) is 0 Å². The Bertz CT molecular complexity index is 238. The minimum atomic E-state index is 0.538. The fourth-order valence-corrected chi connectivity index (χ4v) is 0.664. The number of nitrogens with zero attached hydrogens (tertiary/aromatic N) is 1. The Balaban J connectivity index is 4.02. The van der Waals surface area contributed by atoms with Gasteiger partial charge in [0.15, 0.2) is 0 Å². The molecule has 0 saturated carbocycles. The van der Waals surface area contributed by atoms with E-state index in [2.05, 4.69) is 19.6 Å². The van der Waals surface area contributed by atoms with E-state index in [0.29, 0.717) is 5.57 Å². The van der Waals surface area contributed by atoms with Crippen LogP contribution < -0.4 is 0 Å². The third kappa shape index (κ3) is 4.51. The average Bonchev–Trinajstić information content (AvgIpc) is 2.10. The summed E-state index contributed by atoms with van der Waals surface area (Å²) in [6.45, 7) is 7.63. The van der Waals surface area contributed by atoms with Crippen molar-refractivity contribution in [1.82, 2.24) is 0 Å². The Labute approximate surface area is 74.7 Å². The molecule has 0 N–H and O–H groups in total. The van der Waals surface area contributed by atoms with Gasteiger partial charge in [0.25, 0.3) is 0 Å². The van der Waals surface area contributed by atoms with Crippen LogP contribution in [0.15, 0.2) is 36.0 Å². The maximum Gasteiger partial charge on any atom is 0.0988 e. The highest BCUT2D eigenvalue weighted by Crippen LogP contribution is 2.04. The fraction of sp³-hybridized carbons (Fsp3) is 0.364. The quantitative estimate of drug-likeness (QED) is 0.458.